The summed E-state index contributed by atoms with van der Waals surface area (Å²) in [6.07, 6.45) is 11.2. The Morgan fingerprint density at radius 3 is 2.22 bits per heavy atom. The molecule has 2 aromatic carbocycles. The van der Waals surface area contributed by atoms with Crippen molar-refractivity contribution < 1.29 is 4.74 Å². The Morgan fingerprint density at radius 2 is 1.52 bits per heavy atom. The zero-order valence-electron chi connectivity index (χ0n) is 17.0. The number of hydrogen-bond acceptors (Lipinski definition) is 1. The Kier molecular flexibility index (Phi) is 5.86. The van der Waals surface area contributed by atoms with E-state index in [0.29, 0.717) is 0 Å². The van der Waals surface area contributed by atoms with E-state index in [1.807, 2.05) is 6.92 Å². The highest BCUT2D eigenvalue weighted by Gasteiger charge is 2.29. The van der Waals surface area contributed by atoms with Crippen LogP contribution in [0, 0.1) is 17.8 Å². The summed E-state index contributed by atoms with van der Waals surface area (Å²) in [5.74, 6) is 3.87. The third-order valence-corrected chi connectivity index (χ3v) is 7.11. The molecule has 2 aliphatic carbocycles. The van der Waals surface area contributed by atoms with Crippen LogP contribution in [0.5, 0.6) is 5.75 Å². The summed E-state index contributed by atoms with van der Waals surface area (Å²) >= 11 is 0. The minimum absolute atomic E-state index is 0.722. The minimum atomic E-state index is 0.722. The van der Waals surface area contributed by atoms with E-state index in [-0.39, 0.29) is 0 Å². The van der Waals surface area contributed by atoms with Crippen molar-refractivity contribution in [2.75, 3.05) is 6.61 Å². The fourth-order valence-corrected chi connectivity index (χ4v) is 5.34. The lowest BCUT2D eigenvalue weighted by molar-refractivity contribution is 0.187. The summed E-state index contributed by atoms with van der Waals surface area (Å²) in [6, 6.07) is 15.7. The fraction of sp³-hybridized carbons (Fsp3) is 0.538. The minimum Gasteiger partial charge on any atom is -0.494 e. The van der Waals surface area contributed by atoms with Crippen LogP contribution in [0.3, 0.4) is 0 Å². The van der Waals surface area contributed by atoms with E-state index in [1.165, 1.54) is 62.5 Å². The molecule has 1 unspecified atom stereocenters. The lowest BCUT2D eigenvalue weighted by atomic mass is 9.69. The lowest BCUT2D eigenvalue weighted by Crippen LogP contribution is -2.26. The maximum atomic E-state index is 5.57. The van der Waals surface area contributed by atoms with E-state index in [1.54, 1.807) is 11.1 Å². The van der Waals surface area contributed by atoms with Gasteiger partial charge < -0.3 is 4.74 Å². The van der Waals surface area contributed by atoms with E-state index < -0.39 is 0 Å². The van der Waals surface area contributed by atoms with Crippen LogP contribution in [-0.4, -0.2) is 6.61 Å². The van der Waals surface area contributed by atoms with E-state index >= 15 is 0 Å². The quantitative estimate of drug-likeness (QED) is 0.552. The first-order chi connectivity index (χ1) is 13.3. The second-order valence-corrected chi connectivity index (χ2v) is 8.63. The maximum Gasteiger partial charge on any atom is 0.119 e. The number of aryl methyl sites for hydroxylation is 1. The monoisotopic (exact) mass is 362 g/mol. The molecule has 1 saturated carbocycles. The summed E-state index contributed by atoms with van der Waals surface area (Å²) in [4.78, 5) is 0. The Bertz CT molecular complexity index is 737. The topological polar surface area (TPSA) is 9.23 Å². The summed E-state index contributed by atoms with van der Waals surface area (Å²) in [6.45, 7) is 5.11. The van der Waals surface area contributed by atoms with Crippen molar-refractivity contribution in [3.05, 3.63) is 53.6 Å². The molecule has 0 radical (unpaired) electrons. The van der Waals surface area contributed by atoms with Crippen LogP contribution in [0.4, 0.5) is 0 Å². The average molecular weight is 363 g/mol. The molecule has 144 valence electrons. The molecule has 27 heavy (non-hydrogen) atoms. The van der Waals surface area contributed by atoms with Gasteiger partial charge >= 0.3 is 0 Å². The van der Waals surface area contributed by atoms with Crippen LogP contribution in [0.15, 0.2) is 42.5 Å². The van der Waals surface area contributed by atoms with E-state index in [2.05, 4.69) is 49.4 Å². The molecule has 1 fully saturated rings. The smallest absolute Gasteiger partial charge is 0.119 e. The zero-order valence-corrected chi connectivity index (χ0v) is 17.0. The highest BCUT2D eigenvalue weighted by atomic mass is 16.5. The molecule has 1 atom stereocenters. The third kappa shape index (κ3) is 4.23. The largest absolute Gasteiger partial charge is 0.494 e. The molecular weight excluding hydrogens is 328 g/mol. The Balaban J connectivity index is 1.43. The summed E-state index contributed by atoms with van der Waals surface area (Å²) in [7, 11) is 0. The fourth-order valence-electron chi connectivity index (χ4n) is 5.34. The van der Waals surface area contributed by atoms with Crippen molar-refractivity contribution in [1.82, 2.24) is 0 Å². The Morgan fingerprint density at radius 1 is 0.778 bits per heavy atom. The van der Waals surface area contributed by atoms with Crippen LogP contribution >= 0.6 is 0 Å². The molecular formula is C26H34O. The average Bonchev–Trinajstić information content (AvgIpc) is 2.74. The van der Waals surface area contributed by atoms with Crippen LogP contribution in [0.2, 0.25) is 0 Å². The van der Waals surface area contributed by atoms with Crippen molar-refractivity contribution in [3.8, 4) is 16.9 Å². The Labute approximate surface area is 165 Å². The Hall–Kier alpha value is -1.76. The van der Waals surface area contributed by atoms with Crippen LogP contribution in [0.25, 0.3) is 11.1 Å². The molecule has 0 aliphatic heterocycles. The number of hydrogen-bond donors (Lipinski definition) is 0. The van der Waals surface area contributed by atoms with Gasteiger partial charge in [-0.2, -0.15) is 0 Å². The van der Waals surface area contributed by atoms with E-state index in [0.717, 1.165) is 30.1 Å². The maximum absolute atomic E-state index is 5.57. The van der Waals surface area contributed by atoms with Gasteiger partial charge in [0.15, 0.2) is 0 Å². The number of benzene rings is 2. The molecule has 2 aliphatic rings. The standard InChI is InChI=1S/C26H34O/c1-3-19-5-7-20(8-6-19)22-9-11-25-18-23(10-12-24(25)17-22)21-13-15-26(16-14-21)27-4-2/h10,12-16,18-20,22H,3-9,11,17H2,1-2H3. The van der Waals surface area contributed by atoms with Crippen molar-refractivity contribution in [2.45, 2.75) is 65.2 Å². The van der Waals surface area contributed by atoms with Crippen molar-refractivity contribution in [2.24, 2.45) is 17.8 Å². The van der Waals surface area contributed by atoms with E-state index in [4.69, 9.17) is 4.74 Å². The second-order valence-electron chi connectivity index (χ2n) is 8.63. The first-order valence-electron chi connectivity index (χ1n) is 11.1. The highest BCUT2D eigenvalue weighted by molar-refractivity contribution is 5.66. The first-order valence-corrected chi connectivity index (χ1v) is 11.1. The van der Waals surface area contributed by atoms with Crippen molar-refractivity contribution >= 4 is 0 Å². The van der Waals surface area contributed by atoms with Gasteiger partial charge in [-0.05, 0) is 91.2 Å². The molecule has 1 nitrogen and oxygen atoms in total. The van der Waals surface area contributed by atoms with Crippen LogP contribution < -0.4 is 4.74 Å². The molecule has 1 heteroatoms. The van der Waals surface area contributed by atoms with Gasteiger partial charge in [-0.25, -0.2) is 0 Å². The molecule has 0 bridgehead atoms. The molecule has 2 aromatic rings. The first kappa shape index (κ1) is 18.6. The SMILES string of the molecule is CCOc1ccc(-c2ccc3c(c2)CCC(C2CCC(CC)CC2)C3)cc1. The summed E-state index contributed by atoms with van der Waals surface area (Å²) < 4.78 is 5.57. The van der Waals surface area contributed by atoms with Crippen LogP contribution in [0.1, 0.15) is 63.5 Å². The van der Waals surface area contributed by atoms with Crippen LogP contribution in [-0.2, 0) is 12.8 Å². The van der Waals surface area contributed by atoms with Crippen molar-refractivity contribution in [1.29, 1.82) is 0 Å². The highest BCUT2D eigenvalue weighted by Crippen LogP contribution is 2.40. The van der Waals surface area contributed by atoms with Gasteiger partial charge in [0.2, 0.25) is 0 Å². The number of rotatable bonds is 5. The third-order valence-electron chi connectivity index (χ3n) is 7.11. The van der Waals surface area contributed by atoms with Gasteiger partial charge in [-0.1, -0.05) is 56.5 Å². The normalized spacial score (nSPS) is 25.0. The number of fused-ring (bicyclic) bond motifs is 1. The second kappa shape index (κ2) is 8.50. The zero-order chi connectivity index (χ0) is 18.6. The molecule has 0 N–H and O–H groups in total. The number of ether oxygens (including phenoxy) is 1. The van der Waals surface area contributed by atoms with Gasteiger partial charge in [0, 0.05) is 0 Å². The van der Waals surface area contributed by atoms with Crippen molar-refractivity contribution in [3.63, 3.8) is 0 Å². The molecule has 0 saturated heterocycles. The van der Waals surface area contributed by atoms with Gasteiger partial charge in [-0.15, -0.1) is 0 Å². The molecule has 4 rings (SSSR count). The van der Waals surface area contributed by atoms with Gasteiger partial charge in [0.1, 0.15) is 5.75 Å². The summed E-state index contributed by atoms with van der Waals surface area (Å²) in [5, 5.41) is 0. The lowest BCUT2D eigenvalue weighted by Gasteiger charge is -2.36. The molecule has 0 aromatic heterocycles. The van der Waals surface area contributed by atoms with Gasteiger partial charge in [0.05, 0.1) is 6.61 Å². The van der Waals surface area contributed by atoms with E-state index in [9.17, 15) is 0 Å². The van der Waals surface area contributed by atoms with Gasteiger partial charge in [-0.3, -0.25) is 0 Å². The predicted molar refractivity (Wildman–Crippen MR) is 114 cm³/mol. The van der Waals surface area contributed by atoms with Gasteiger partial charge in [0.25, 0.3) is 0 Å². The molecule has 0 amide bonds. The molecule has 0 heterocycles. The predicted octanol–water partition coefficient (Wildman–Crippen LogP) is 7.07. The summed E-state index contributed by atoms with van der Waals surface area (Å²) in [5.41, 5.74) is 5.83. The molecule has 0 spiro atoms.